The molecule has 0 atom stereocenters. The van der Waals surface area contributed by atoms with Crippen molar-refractivity contribution in [2.45, 2.75) is 18.9 Å². The summed E-state index contributed by atoms with van der Waals surface area (Å²) >= 11 is 1.45. The minimum absolute atomic E-state index is 0.279. The SMILES string of the molecule is Nc1ncc(-c2cnn(C3CCN(C=O)CC3)c2)c2cc(-c3cccc4cnsc34)oc12. The first-order valence-corrected chi connectivity index (χ1v) is 11.2. The zero-order chi connectivity index (χ0) is 21.7. The van der Waals surface area contributed by atoms with E-state index in [2.05, 4.69) is 14.5 Å². The fourth-order valence-electron chi connectivity index (χ4n) is 4.43. The average molecular weight is 445 g/mol. The molecule has 0 spiro atoms. The Bertz CT molecular complexity index is 1440. The van der Waals surface area contributed by atoms with Gasteiger partial charge in [0.2, 0.25) is 6.41 Å². The van der Waals surface area contributed by atoms with Crippen molar-refractivity contribution in [1.29, 1.82) is 0 Å². The van der Waals surface area contributed by atoms with Crippen LogP contribution in [0.3, 0.4) is 0 Å². The summed E-state index contributed by atoms with van der Waals surface area (Å²) in [7, 11) is 0. The van der Waals surface area contributed by atoms with Crippen molar-refractivity contribution in [2.24, 2.45) is 0 Å². The fourth-order valence-corrected chi connectivity index (χ4v) is 5.19. The smallest absolute Gasteiger partial charge is 0.209 e. The van der Waals surface area contributed by atoms with Gasteiger partial charge in [-0.25, -0.2) is 4.98 Å². The molecule has 1 aromatic carbocycles. The summed E-state index contributed by atoms with van der Waals surface area (Å²) in [6.45, 7) is 1.51. The Morgan fingerprint density at radius 1 is 1.16 bits per heavy atom. The molecule has 1 aliphatic rings. The molecule has 5 aromatic rings. The van der Waals surface area contributed by atoms with Gasteiger partial charge >= 0.3 is 0 Å². The zero-order valence-electron chi connectivity index (χ0n) is 17.1. The molecule has 1 aliphatic heterocycles. The van der Waals surface area contributed by atoms with Crippen molar-refractivity contribution in [1.82, 2.24) is 24.0 Å². The second kappa shape index (κ2) is 7.45. The number of piperidine rings is 1. The first-order valence-electron chi connectivity index (χ1n) is 10.5. The number of carbonyl (C=O) groups is 1. The number of hydrogen-bond donors (Lipinski definition) is 1. The maximum atomic E-state index is 11.0. The Hall–Kier alpha value is -3.72. The van der Waals surface area contributed by atoms with Crippen molar-refractivity contribution >= 4 is 44.8 Å². The molecule has 9 heteroatoms. The predicted octanol–water partition coefficient (Wildman–Crippen LogP) is 4.34. The Labute approximate surface area is 187 Å². The number of pyridine rings is 1. The summed E-state index contributed by atoms with van der Waals surface area (Å²) in [6, 6.07) is 8.38. The van der Waals surface area contributed by atoms with Gasteiger partial charge in [0.05, 0.1) is 16.9 Å². The third-order valence-electron chi connectivity index (χ3n) is 6.17. The number of nitrogens with two attached hydrogens (primary N) is 1. The van der Waals surface area contributed by atoms with Crippen LogP contribution in [-0.4, -0.2) is 43.5 Å². The molecular formula is C23H20N6O2S. The Morgan fingerprint density at radius 3 is 2.88 bits per heavy atom. The van der Waals surface area contributed by atoms with Crippen molar-refractivity contribution in [2.75, 3.05) is 18.8 Å². The minimum Gasteiger partial charge on any atom is -0.452 e. The second-order valence-corrected chi connectivity index (χ2v) is 8.84. The number of aromatic nitrogens is 4. The normalized spacial score (nSPS) is 15.1. The van der Waals surface area contributed by atoms with Crippen LogP contribution in [0.1, 0.15) is 18.9 Å². The molecular weight excluding hydrogens is 424 g/mol. The van der Waals surface area contributed by atoms with Crippen LogP contribution >= 0.6 is 11.5 Å². The highest BCUT2D eigenvalue weighted by Crippen LogP contribution is 2.39. The molecule has 0 saturated carbocycles. The number of fused-ring (bicyclic) bond motifs is 2. The maximum Gasteiger partial charge on any atom is 0.209 e. The van der Waals surface area contributed by atoms with E-state index in [1.165, 1.54) is 11.5 Å². The van der Waals surface area contributed by atoms with Crippen LogP contribution in [0, 0.1) is 0 Å². The van der Waals surface area contributed by atoms with E-state index >= 15 is 0 Å². The van der Waals surface area contributed by atoms with Crippen LogP contribution in [0.4, 0.5) is 5.82 Å². The molecule has 8 nitrogen and oxygen atoms in total. The summed E-state index contributed by atoms with van der Waals surface area (Å²) in [5.74, 6) is 1.10. The Balaban J connectivity index is 1.40. The van der Waals surface area contributed by atoms with Gasteiger partial charge in [-0.2, -0.15) is 9.47 Å². The highest BCUT2D eigenvalue weighted by molar-refractivity contribution is 7.13. The lowest BCUT2D eigenvalue weighted by atomic mass is 10.0. The lowest BCUT2D eigenvalue weighted by molar-refractivity contribution is -0.119. The first-order chi connectivity index (χ1) is 15.7. The summed E-state index contributed by atoms with van der Waals surface area (Å²) in [5.41, 5.74) is 9.62. The van der Waals surface area contributed by atoms with Gasteiger partial charge in [-0.1, -0.05) is 12.1 Å². The highest BCUT2D eigenvalue weighted by Gasteiger charge is 2.22. The van der Waals surface area contributed by atoms with Crippen LogP contribution in [0.25, 0.3) is 43.5 Å². The first kappa shape index (κ1) is 19.0. The molecule has 5 heterocycles. The summed E-state index contributed by atoms with van der Waals surface area (Å²) < 4.78 is 13.6. The van der Waals surface area contributed by atoms with Crippen molar-refractivity contribution < 1.29 is 9.21 Å². The number of furan rings is 1. The van der Waals surface area contributed by atoms with E-state index < -0.39 is 0 Å². The molecule has 0 radical (unpaired) electrons. The van der Waals surface area contributed by atoms with Crippen molar-refractivity contribution in [3.8, 4) is 22.5 Å². The Morgan fingerprint density at radius 2 is 2.03 bits per heavy atom. The molecule has 0 aliphatic carbocycles. The number of likely N-dealkylation sites (tertiary alicyclic amines) is 1. The molecule has 6 rings (SSSR count). The molecule has 2 N–H and O–H groups in total. The summed E-state index contributed by atoms with van der Waals surface area (Å²) in [6.07, 6.45) is 10.3. The van der Waals surface area contributed by atoms with Crippen LogP contribution in [-0.2, 0) is 4.79 Å². The number of anilines is 1. The van der Waals surface area contributed by atoms with Gasteiger partial charge in [-0.15, -0.1) is 0 Å². The van der Waals surface area contributed by atoms with E-state index in [9.17, 15) is 4.79 Å². The molecule has 0 unspecified atom stereocenters. The number of nitrogen functional groups attached to an aromatic ring is 1. The molecule has 0 bridgehead atoms. The standard InChI is InChI=1S/C23H20N6O2S/c24-23-21-18(8-20(31-21)17-3-1-2-14-10-27-32-22(14)17)19(11-25-23)15-9-26-29(12-15)16-4-6-28(13-30)7-5-16/h1-3,8-13,16H,4-7H2,(H2,24,25). The van der Waals surface area contributed by atoms with Crippen molar-refractivity contribution in [3.05, 3.63) is 49.1 Å². The van der Waals surface area contributed by atoms with Crippen LogP contribution < -0.4 is 5.73 Å². The summed E-state index contributed by atoms with van der Waals surface area (Å²) in [5, 5.41) is 6.60. The second-order valence-electron chi connectivity index (χ2n) is 8.04. The monoisotopic (exact) mass is 444 g/mol. The van der Waals surface area contributed by atoms with E-state index in [1.54, 1.807) is 6.20 Å². The topological polar surface area (TPSA) is 103 Å². The largest absolute Gasteiger partial charge is 0.452 e. The van der Waals surface area contributed by atoms with Crippen molar-refractivity contribution in [3.63, 3.8) is 0 Å². The maximum absolute atomic E-state index is 11.0. The van der Waals surface area contributed by atoms with E-state index in [1.807, 2.05) is 52.4 Å². The summed E-state index contributed by atoms with van der Waals surface area (Å²) in [4.78, 5) is 17.2. The lowest BCUT2D eigenvalue weighted by Gasteiger charge is -2.29. The molecule has 1 amide bonds. The zero-order valence-corrected chi connectivity index (χ0v) is 18.0. The van der Waals surface area contributed by atoms with Gasteiger partial charge in [-0.05, 0) is 36.5 Å². The highest BCUT2D eigenvalue weighted by atomic mass is 32.1. The number of rotatable bonds is 4. The number of amides is 1. The molecule has 1 saturated heterocycles. The number of nitrogens with zero attached hydrogens (tertiary/aromatic N) is 5. The molecule has 1 fully saturated rings. The van der Waals surface area contributed by atoms with E-state index in [0.29, 0.717) is 11.4 Å². The molecule has 4 aromatic heterocycles. The lowest BCUT2D eigenvalue weighted by Crippen LogP contribution is -2.33. The van der Waals surface area contributed by atoms with E-state index in [0.717, 1.165) is 70.3 Å². The van der Waals surface area contributed by atoms with E-state index in [4.69, 9.17) is 10.2 Å². The fraction of sp³-hybridized carbons (Fsp3) is 0.217. The number of hydrogen-bond acceptors (Lipinski definition) is 7. The van der Waals surface area contributed by atoms with Gasteiger partial charge in [0.25, 0.3) is 0 Å². The average Bonchev–Trinajstić information content (AvgIpc) is 3.58. The third-order valence-corrected chi connectivity index (χ3v) is 7.02. The third kappa shape index (κ3) is 3.04. The quantitative estimate of drug-likeness (QED) is 0.414. The van der Waals surface area contributed by atoms with Gasteiger partial charge in [0.15, 0.2) is 11.4 Å². The predicted molar refractivity (Wildman–Crippen MR) is 124 cm³/mol. The van der Waals surface area contributed by atoms with Gasteiger partial charge < -0.3 is 15.1 Å². The minimum atomic E-state index is 0.279. The van der Waals surface area contributed by atoms with Gasteiger partial charge in [0, 0.05) is 59.1 Å². The van der Waals surface area contributed by atoms with Gasteiger partial charge in [0.1, 0.15) is 5.76 Å². The van der Waals surface area contributed by atoms with Gasteiger partial charge in [-0.3, -0.25) is 9.48 Å². The molecule has 32 heavy (non-hydrogen) atoms. The number of benzene rings is 1. The number of carbonyl (C=O) groups excluding carboxylic acids is 1. The Kier molecular flexibility index (Phi) is 4.43. The van der Waals surface area contributed by atoms with Crippen LogP contribution in [0.5, 0.6) is 0 Å². The van der Waals surface area contributed by atoms with E-state index in [-0.39, 0.29) is 6.04 Å². The van der Waals surface area contributed by atoms with Crippen LogP contribution in [0.2, 0.25) is 0 Å². The molecule has 160 valence electrons. The van der Waals surface area contributed by atoms with Crippen LogP contribution in [0.15, 0.2) is 53.5 Å².